The van der Waals surface area contributed by atoms with Gasteiger partial charge in [0.05, 0.1) is 23.4 Å². The number of fused-ring (bicyclic) bond motifs is 1. The van der Waals surface area contributed by atoms with Crippen LogP contribution in [0.25, 0.3) is 11.0 Å². The van der Waals surface area contributed by atoms with E-state index >= 15 is 0 Å². The van der Waals surface area contributed by atoms with Crippen LogP contribution in [0.1, 0.15) is 17.3 Å². The van der Waals surface area contributed by atoms with Gasteiger partial charge in [0.2, 0.25) is 5.91 Å². The SMILES string of the molecule is COc1cccc2cc(C(=O)Nc3ccccc3NS(=O)(=O)c3ccc(NC(C)=O)cc3)c(=O)oc12. The Morgan fingerprint density at radius 1 is 0.889 bits per heavy atom. The highest BCUT2D eigenvalue weighted by Crippen LogP contribution is 2.27. The van der Waals surface area contributed by atoms with Crippen LogP contribution in [-0.2, 0) is 14.8 Å². The first-order valence-corrected chi connectivity index (χ1v) is 12.1. The molecule has 10 nitrogen and oxygen atoms in total. The quantitative estimate of drug-likeness (QED) is 0.323. The van der Waals surface area contributed by atoms with Crippen molar-refractivity contribution in [1.82, 2.24) is 0 Å². The van der Waals surface area contributed by atoms with Gasteiger partial charge in [0.15, 0.2) is 11.3 Å². The van der Waals surface area contributed by atoms with Crippen LogP contribution in [0.3, 0.4) is 0 Å². The van der Waals surface area contributed by atoms with E-state index in [1.54, 1.807) is 30.3 Å². The molecule has 0 radical (unpaired) electrons. The van der Waals surface area contributed by atoms with E-state index in [4.69, 9.17) is 9.15 Å². The first-order valence-electron chi connectivity index (χ1n) is 10.6. The fraction of sp³-hybridized carbons (Fsp3) is 0.0800. The molecule has 0 saturated carbocycles. The van der Waals surface area contributed by atoms with Gasteiger partial charge < -0.3 is 19.8 Å². The van der Waals surface area contributed by atoms with Crippen LogP contribution < -0.4 is 25.7 Å². The summed E-state index contributed by atoms with van der Waals surface area (Å²) in [4.78, 5) is 36.6. The minimum Gasteiger partial charge on any atom is -0.493 e. The van der Waals surface area contributed by atoms with Crippen LogP contribution in [0.5, 0.6) is 5.75 Å². The Bertz CT molecular complexity index is 1630. The molecule has 0 aliphatic rings. The summed E-state index contributed by atoms with van der Waals surface area (Å²) >= 11 is 0. The van der Waals surface area contributed by atoms with Gasteiger partial charge in [-0.15, -0.1) is 0 Å². The monoisotopic (exact) mass is 507 g/mol. The maximum atomic E-state index is 12.9. The number of ether oxygens (including phenoxy) is 1. The lowest BCUT2D eigenvalue weighted by atomic mass is 10.1. The van der Waals surface area contributed by atoms with Crippen molar-refractivity contribution in [2.75, 3.05) is 22.5 Å². The molecule has 0 aliphatic heterocycles. The molecule has 0 bridgehead atoms. The van der Waals surface area contributed by atoms with Crippen molar-refractivity contribution in [2.24, 2.45) is 0 Å². The third kappa shape index (κ3) is 5.20. The van der Waals surface area contributed by atoms with Crippen LogP contribution in [0.2, 0.25) is 0 Å². The number of hydrogen-bond acceptors (Lipinski definition) is 7. The standard InChI is InChI=1S/C25H21N3O7S/c1-15(29)26-17-10-12-18(13-11-17)36(32,33)28-21-8-4-3-7-20(21)27-24(30)19-14-16-6-5-9-22(34-2)23(16)35-25(19)31/h3-14,28H,1-2H3,(H,26,29)(H,27,30). The highest BCUT2D eigenvalue weighted by molar-refractivity contribution is 7.92. The maximum absolute atomic E-state index is 12.9. The Labute approximate surface area is 206 Å². The zero-order chi connectivity index (χ0) is 25.9. The van der Waals surface area contributed by atoms with Gasteiger partial charge in [0, 0.05) is 18.0 Å². The van der Waals surface area contributed by atoms with E-state index in [1.165, 1.54) is 56.5 Å². The maximum Gasteiger partial charge on any atom is 0.349 e. The van der Waals surface area contributed by atoms with Crippen molar-refractivity contribution in [3.63, 3.8) is 0 Å². The van der Waals surface area contributed by atoms with Gasteiger partial charge in [-0.2, -0.15) is 0 Å². The number of benzene rings is 3. The van der Waals surface area contributed by atoms with Gasteiger partial charge in [-0.25, -0.2) is 13.2 Å². The van der Waals surface area contributed by atoms with Crippen LogP contribution >= 0.6 is 0 Å². The molecule has 36 heavy (non-hydrogen) atoms. The smallest absolute Gasteiger partial charge is 0.349 e. The minimum absolute atomic E-state index is 0.0538. The largest absolute Gasteiger partial charge is 0.493 e. The second kappa shape index (κ2) is 9.92. The van der Waals surface area contributed by atoms with Gasteiger partial charge in [0.1, 0.15) is 5.56 Å². The average molecular weight is 508 g/mol. The Balaban J connectivity index is 1.60. The third-order valence-electron chi connectivity index (χ3n) is 5.09. The van der Waals surface area contributed by atoms with Crippen LogP contribution in [0.4, 0.5) is 17.1 Å². The van der Waals surface area contributed by atoms with E-state index in [9.17, 15) is 22.8 Å². The minimum atomic E-state index is -4.03. The summed E-state index contributed by atoms with van der Waals surface area (Å²) in [5, 5.41) is 5.60. The van der Waals surface area contributed by atoms with Crippen molar-refractivity contribution < 1.29 is 27.2 Å². The summed E-state index contributed by atoms with van der Waals surface area (Å²) in [5.74, 6) is -0.714. The highest BCUT2D eigenvalue weighted by atomic mass is 32.2. The fourth-order valence-corrected chi connectivity index (χ4v) is 4.51. The second-order valence-electron chi connectivity index (χ2n) is 7.64. The van der Waals surface area contributed by atoms with E-state index in [-0.39, 0.29) is 33.3 Å². The van der Waals surface area contributed by atoms with Gasteiger partial charge in [-0.05, 0) is 48.5 Å². The second-order valence-corrected chi connectivity index (χ2v) is 9.32. The summed E-state index contributed by atoms with van der Waals surface area (Å²) in [6.07, 6.45) is 0. The predicted molar refractivity (Wildman–Crippen MR) is 135 cm³/mol. The van der Waals surface area contributed by atoms with Crippen molar-refractivity contribution >= 4 is 49.9 Å². The van der Waals surface area contributed by atoms with E-state index in [0.29, 0.717) is 16.8 Å². The van der Waals surface area contributed by atoms with Gasteiger partial charge >= 0.3 is 5.63 Å². The lowest BCUT2D eigenvalue weighted by Crippen LogP contribution is -2.22. The number of hydrogen-bond donors (Lipinski definition) is 3. The molecule has 0 saturated heterocycles. The number of anilines is 3. The van der Waals surface area contributed by atoms with Gasteiger partial charge in [-0.3, -0.25) is 14.3 Å². The number of methoxy groups -OCH3 is 1. The fourth-order valence-electron chi connectivity index (χ4n) is 3.43. The molecule has 0 fully saturated rings. The molecule has 0 atom stereocenters. The lowest BCUT2D eigenvalue weighted by molar-refractivity contribution is -0.114. The molecule has 184 valence electrons. The number of rotatable bonds is 7. The van der Waals surface area contributed by atoms with Crippen molar-refractivity contribution in [1.29, 1.82) is 0 Å². The first-order chi connectivity index (χ1) is 17.2. The van der Waals surface area contributed by atoms with E-state index < -0.39 is 21.6 Å². The molecule has 4 aromatic rings. The average Bonchev–Trinajstić information content (AvgIpc) is 2.84. The Morgan fingerprint density at radius 2 is 1.58 bits per heavy atom. The number of amides is 2. The number of carbonyl (C=O) groups excluding carboxylic acids is 2. The van der Waals surface area contributed by atoms with Crippen LogP contribution in [0, 0.1) is 0 Å². The molecule has 1 heterocycles. The molecule has 3 aromatic carbocycles. The van der Waals surface area contributed by atoms with E-state index in [0.717, 1.165) is 0 Å². The molecule has 3 N–H and O–H groups in total. The molecule has 0 spiro atoms. The first kappa shape index (κ1) is 24.5. The Kier molecular flexibility index (Phi) is 6.75. The van der Waals surface area contributed by atoms with E-state index in [2.05, 4.69) is 15.4 Å². The molecular weight excluding hydrogens is 486 g/mol. The Morgan fingerprint density at radius 3 is 2.25 bits per heavy atom. The lowest BCUT2D eigenvalue weighted by Gasteiger charge is -2.14. The predicted octanol–water partition coefficient (Wildman–Crippen LogP) is 3.81. The van der Waals surface area contributed by atoms with Gasteiger partial charge in [0.25, 0.3) is 15.9 Å². The van der Waals surface area contributed by atoms with Crippen molar-refractivity contribution in [3.8, 4) is 5.75 Å². The molecule has 2 amide bonds. The Hall–Kier alpha value is -4.64. The summed E-state index contributed by atoms with van der Waals surface area (Å²) in [5.41, 5.74) is -0.265. The van der Waals surface area contributed by atoms with Crippen molar-refractivity contribution in [2.45, 2.75) is 11.8 Å². The summed E-state index contributed by atoms with van der Waals surface area (Å²) < 4.78 is 38.7. The summed E-state index contributed by atoms with van der Waals surface area (Å²) in [7, 11) is -2.60. The highest BCUT2D eigenvalue weighted by Gasteiger charge is 2.20. The zero-order valence-corrected chi connectivity index (χ0v) is 20.0. The van der Waals surface area contributed by atoms with Crippen molar-refractivity contribution in [3.05, 3.63) is 88.8 Å². The van der Waals surface area contributed by atoms with Crippen LogP contribution in [-0.4, -0.2) is 27.3 Å². The number of carbonyl (C=O) groups is 2. The molecular formula is C25H21N3O7S. The number of nitrogens with one attached hydrogen (secondary N) is 3. The summed E-state index contributed by atoms with van der Waals surface area (Å²) in [6, 6.07) is 18.1. The number of sulfonamides is 1. The molecule has 11 heteroatoms. The molecule has 0 aliphatic carbocycles. The normalized spacial score (nSPS) is 11.1. The molecule has 4 rings (SSSR count). The molecule has 1 aromatic heterocycles. The molecule has 0 unspecified atom stereocenters. The van der Waals surface area contributed by atoms with Gasteiger partial charge in [-0.1, -0.05) is 24.3 Å². The summed E-state index contributed by atoms with van der Waals surface area (Å²) in [6.45, 7) is 1.34. The van der Waals surface area contributed by atoms with E-state index in [1.807, 2.05) is 0 Å². The number of para-hydroxylation sites is 3. The zero-order valence-electron chi connectivity index (χ0n) is 19.2. The topological polar surface area (TPSA) is 144 Å². The van der Waals surface area contributed by atoms with Crippen LogP contribution in [0.15, 0.2) is 86.9 Å². The third-order valence-corrected chi connectivity index (χ3v) is 6.47.